The third kappa shape index (κ3) is 8.89. The molecule has 0 saturated heterocycles. The number of carbonyl (C=O) groups is 2. The van der Waals surface area contributed by atoms with E-state index in [2.05, 4.69) is 27.1 Å². The largest absolute Gasteiger partial charge is 0.368 e. The van der Waals surface area contributed by atoms with Gasteiger partial charge in [-0.05, 0) is 37.0 Å². The van der Waals surface area contributed by atoms with Crippen LogP contribution in [-0.4, -0.2) is 49.9 Å². The summed E-state index contributed by atoms with van der Waals surface area (Å²) in [5.41, 5.74) is 6.54. The zero-order chi connectivity index (χ0) is 20.1. The fraction of sp³-hybridized carbons (Fsp3) is 0.450. The number of primary amides is 1. The van der Waals surface area contributed by atoms with E-state index in [1.165, 1.54) is 12.8 Å². The van der Waals surface area contributed by atoms with Crippen LogP contribution in [0, 0.1) is 0 Å². The first-order chi connectivity index (χ1) is 13.0. The van der Waals surface area contributed by atoms with Gasteiger partial charge in [0.1, 0.15) is 0 Å². The third-order valence-corrected chi connectivity index (χ3v) is 4.07. The summed E-state index contributed by atoms with van der Waals surface area (Å²) in [6.07, 6.45) is 6.47. The van der Waals surface area contributed by atoms with Gasteiger partial charge in [-0.1, -0.05) is 24.6 Å². The molecular formula is C20H31N5O2. The summed E-state index contributed by atoms with van der Waals surface area (Å²) in [6.45, 7) is 5.12. The monoisotopic (exact) mass is 373 g/mol. The molecule has 0 unspecified atom stereocenters. The number of allylic oxidation sites excluding steroid dienone is 1. The molecule has 0 atom stereocenters. The van der Waals surface area contributed by atoms with Crippen LogP contribution < -0.4 is 16.4 Å². The van der Waals surface area contributed by atoms with E-state index in [1.807, 2.05) is 25.3 Å². The number of nitrogens with one attached hydrogen (secondary N) is 2. The lowest BCUT2D eigenvalue weighted by Gasteiger charge is -2.22. The lowest BCUT2D eigenvalue weighted by atomic mass is 10.1. The first kappa shape index (κ1) is 22.2. The first-order valence-corrected chi connectivity index (χ1v) is 9.16. The summed E-state index contributed by atoms with van der Waals surface area (Å²) in [6, 6.07) is 7.18. The Hall–Kier alpha value is -2.83. The zero-order valence-electron chi connectivity index (χ0n) is 16.3. The number of hydrogen-bond donors (Lipinski definition) is 3. The van der Waals surface area contributed by atoms with Crippen LogP contribution >= 0.6 is 0 Å². The van der Waals surface area contributed by atoms with E-state index in [-0.39, 0.29) is 12.5 Å². The van der Waals surface area contributed by atoms with Gasteiger partial charge >= 0.3 is 0 Å². The van der Waals surface area contributed by atoms with Gasteiger partial charge in [-0.25, -0.2) is 0 Å². The average Bonchev–Trinajstić information content (AvgIpc) is 2.66. The van der Waals surface area contributed by atoms with Gasteiger partial charge in [0, 0.05) is 32.7 Å². The number of hydrogen-bond acceptors (Lipinski definition) is 3. The van der Waals surface area contributed by atoms with Gasteiger partial charge in [-0.2, -0.15) is 0 Å². The smallest absolute Gasteiger partial charge is 0.251 e. The van der Waals surface area contributed by atoms with Crippen LogP contribution in [-0.2, 0) is 11.3 Å². The predicted octanol–water partition coefficient (Wildman–Crippen LogP) is 1.66. The van der Waals surface area contributed by atoms with Gasteiger partial charge in [0.25, 0.3) is 5.91 Å². The van der Waals surface area contributed by atoms with Crippen molar-refractivity contribution in [3.63, 3.8) is 0 Å². The van der Waals surface area contributed by atoms with Gasteiger partial charge in [0.2, 0.25) is 5.91 Å². The molecule has 0 spiro atoms. The van der Waals surface area contributed by atoms with Crippen molar-refractivity contribution in [3.8, 4) is 0 Å². The van der Waals surface area contributed by atoms with Gasteiger partial charge in [0.15, 0.2) is 5.96 Å². The molecule has 0 aliphatic heterocycles. The fourth-order valence-corrected chi connectivity index (χ4v) is 2.53. The summed E-state index contributed by atoms with van der Waals surface area (Å²) in [5.74, 6) is -0.0531. The highest BCUT2D eigenvalue weighted by atomic mass is 16.2. The van der Waals surface area contributed by atoms with E-state index >= 15 is 0 Å². The minimum absolute atomic E-state index is 0.168. The second-order valence-corrected chi connectivity index (χ2v) is 6.31. The Morgan fingerprint density at radius 2 is 1.89 bits per heavy atom. The van der Waals surface area contributed by atoms with E-state index in [1.54, 1.807) is 19.2 Å². The molecule has 1 aromatic carbocycles. The van der Waals surface area contributed by atoms with Gasteiger partial charge in [-0.3, -0.25) is 14.6 Å². The summed E-state index contributed by atoms with van der Waals surface area (Å²) < 4.78 is 0. The number of rotatable bonds is 11. The topological polar surface area (TPSA) is 99.8 Å². The van der Waals surface area contributed by atoms with Crippen LogP contribution in [0.25, 0.3) is 0 Å². The van der Waals surface area contributed by atoms with Crippen LogP contribution in [0.2, 0.25) is 0 Å². The maximum Gasteiger partial charge on any atom is 0.251 e. The van der Waals surface area contributed by atoms with Crippen LogP contribution in [0.3, 0.4) is 0 Å². The minimum atomic E-state index is -0.569. The number of nitrogens with zero attached hydrogens (tertiary/aromatic N) is 2. The summed E-state index contributed by atoms with van der Waals surface area (Å²) >= 11 is 0. The highest BCUT2D eigenvalue weighted by Crippen LogP contribution is 2.05. The highest BCUT2D eigenvalue weighted by Gasteiger charge is 2.08. The molecule has 7 nitrogen and oxygen atoms in total. The van der Waals surface area contributed by atoms with E-state index in [0.717, 1.165) is 30.9 Å². The van der Waals surface area contributed by atoms with E-state index < -0.39 is 5.91 Å². The van der Waals surface area contributed by atoms with Crippen molar-refractivity contribution in [1.29, 1.82) is 0 Å². The second-order valence-electron chi connectivity index (χ2n) is 6.31. The normalized spacial score (nSPS) is 11.0. The van der Waals surface area contributed by atoms with Crippen LogP contribution in [0.5, 0.6) is 0 Å². The molecule has 27 heavy (non-hydrogen) atoms. The Morgan fingerprint density at radius 3 is 2.48 bits per heavy atom. The zero-order valence-corrected chi connectivity index (χ0v) is 16.3. The molecule has 148 valence electrons. The van der Waals surface area contributed by atoms with E-state index in [4.69, 9.17) is 5.73 Å². The molecule has 1 rings (SSSR count). The Bertz CT molecular complexity index is 640. The molecule has 7 heteroatoms. The Balaban J connectivity index is 2.45. The molecule has 0 aromatic heterocycles. The summed E-state index contributed by atoms with van der Waals surface area (Å²) in [7, 11) is 3.79. The second kappa shape index (κ2) is 12.5. The Morgan fingerprint density at radius 1 is 1.19 bits per heavy atom. The SMILES string of the molecule is C=CCCCCCN(C)C(=NC)NCc1ccc(C(=O)NCC(N)=O)cc1. The van der Waals surface area contributed by atoms with Gasteiger partial charge < -0.3 is 21.3 Å². The maximum absolute atomic E-state index is 11.9. The Labute approximate surface area is 161 Å². The number of nitrogens with two attached hydrogens (primary N) is 1. The number of aliphatic imine (C=N–C) groups is 1. The Kier molecular flexibility index (Phi) is 10.3. The average molecular weight is 374 g/mol. The van der Waals surface area contributed by atoms with Crippen LogP contribution in [0.15, 0.2) is 41.9 Å². The first-order valence-electron chi connectivity index (χ1n) is 9.16. The maximum atomic E-state index is 11.9. The third-order valence-electron chi connectivity index (χ3n) is 4.07. The summed E-state index contributed by atoms with van der Waals surface area (Å²) in [4.78, 5) is 29.0. The number of guanidine groups is 1. The van der Waals surface area contributed by atoms with Gasteiger partial charge in [-0.15, -0.1) is 6.58 Å². The number of carbonyl (C=O) groups excluding carboxylic acids is 2. The molecule has 0 fully saturated rings. The minimum Gasteiger partial charge on any atom is -0.368 e. The van der Waals surface area contributed by atoms with Crippen LogP contribution in [0.1, 0.15) is 41.6 Å². The molecule has 1 aromatic rings. The fourth-order valence-electron chi connectivity index (χ4n) is 2.53. The lowest BCUT2D eigenvalue weighted by molar-refractivity contribution is -0.117. The molecule has 0 aliphatic rings. The van der Waals surface area contributed by atoms with Crippen LogP contribution in [0.4, 0.5) is 0 Å². The number of unbranched alkanes of at least 4 members (excludes halogenated alkanes) is 3. The van der Waals surface area contributed by atoms with E-state index in [9.17, 15) is 9.59 Å². The van der Waals surface area contributed by atoms with Crippen molar-refractivity contribution in [2.24, 2.45) is 10.7 Å². The van der Waals surface area contributed by atoms with E-state index in [0.29, 0.717) is 12.1 Å². The standard InChI is InChI=1S/C20H31N5O2/c1-4-5-6-7-8-13-25(3)20(22-2)24-14-16-9-11-17(12-10-16)19(27)23-15-18(21)26/h4,9-12H,1,5-8,13-15H2,2-3H3,(H2,21,26)(H,22,24)(H,23,27). The molecular weight excluding hydrogens is 342 g/mol. The molecule has 2 amide bonds. The van der Waals surface area contributed by atoms with Crippen molar-refractivity contribution in [1.82, 2.24) is 15.5 Å². The van der Waals surface area contributed by atoms with Crippen molar-refractivity contribution >= 4 is 17.8 Å². The molecule has 0 bridgehead atoms. The van der Waals surface area contributed by atoms with Crippen molar-refractivity contribution < 1.29 is 9.59 Å². The number of amides is 2. The quantitative estimate of drug-likeness (QED) is 0.238. The van der Waals surface area contributed by atoms with Gasteiger partial charge in [0.05, 0.1) is 6.54 Å². The molecule has 0 saturated carbocycles. The lowest BCUT2D eigenvalue weighted by Crippen LogP contribution is -2.39. The number of benzene rings is 1. The molecule has 0 radical (unpaired) electrons. The molecule has 0 aliphatic carbocycles. The predicted molar refractivity (Wildman–Crippen MR) is 109 cm³/mol. The van der Waals surface area contributed by atoms with Crippen molar-refractivity contribution in [2.75, 3.05) is 27.2 Å². The highest BCUT2D eigenvalue weighted by molar-refractivity contribution is 5.96. The summed E-state index contributed by atoms with van der Waals surface area (Å²) in [5, 5.41) is 5.79. The molecule has 0 heterocycles. The van der Waals surface area contributed by atoms with Crippen molar-refractivity contribution in [2.45, 2.75) is 32.2 Å². The molecule has 4 N–H and O–H groups in total. The van der Waals surface area contributed by atoms with Crippen molar-refractivity contribution in [3.05, 3.63) is 48.0 Å².